The van der Waals surface area contributed by atoms with Gasteiger partial charge < -0.3 is 15.4 Å². The quantitative estimate of drug-likeness (QED) is 0.776. The van der Waals surface area contributed by atoms with Gasteiger partial charge in [0.1, 0.15) is 5.60 Å². The molecule has 1 saturated carbocycles. The molecule has 0 saturated heterocycles. The first kappa shape index (κ1) is 19.3. The maximum Gasteiger partial charge on any atom is 0.407 e. The van der Waals surface area contributed by atoms with Gasteiger partial charge in [-0.3, -0.25) is 0 Å². The molecule has 1 fully saturated rings. The third-order valence-electron chi connectivity index (χ3n) is 4.57. The number of hydrogen-bond acceptors (Lipinski definition) is 3. The Labute approximate surface area is 136 Å². The number of nitrogens with one attached hydrogen (secondary N) is 2. The van der Waals surface area contributed by atoms with E-state index >= 15 is 0 Å². The van der Waals surface area contributed by atoms with E-state index in [1.807, 2.05) is 20.8 Å². The number of rotatable bonds is 6. The van der Waals surface area contributed by atoms with Gasteiger partial charge >= 0.3 is 6.09 Å². The summed E-state index contributed by atoms with van der Waals surface area (Å²) < 4.78 is 5.29. The van der Waals surface area contributed by atoms with E-state index in [0.717, 1.165) is 18.3 Å². The number of alkyl carbamates (subject to hydrolysis) is 1. The normalized spacial score (nSPS) is 24.1. The highest BCUT2D eigenvalue weighted by molar-refractivity contribution is 5.67. The molecule has 1 amide bonds. The van der Waals surface area contributed by atoms with Crippen LogP contribution in [0.5, 0.6) is 0 Å². The van der Waals surface area contributed by atoms with Gasteiger partial charge in [0.25, 0.3) is 0 Å². The summed E-state index contributed by atoms with van der Waals surface area (Å²) in [6.07, 6.45) is 5.85. The highest BCUT2D eigenvalue weighted by atomic mass is 16.6. The minimum absolute atomic E-state index is 0.323. The lowest BCUT2D eigenvalue weighted by molar-refractivity contribution is 0.0520. The number of hydrogen-bond donors (Lipinski definition) is 2. The topological polar surface area (TPSA) is 50.4 Å². The van der Waals surface area contributed by atoms with E-state index in [4.69, 9.17) is 4.74 Å². The Morgan fingerprint density at radius 3 is 2.23 bits per heavy atom. The molecule has 0 aromatic heterocycles. The first-order valence-corrected chi connectivity index (χ1v) is 8.94. The van der Waals surface area contributed by atoms with Gasteiger partial charge in [0, 0.05) is 18.6 Å². The molecular formula is C18H36N2O2. The Balaban J connectivity index is 2.29. The van der Waals surface area contributed by atoms with Crippen LogP contribution < -0.4 is 10.6 Å². The average Bonchev–Trinajstić information content (AvgIpc) is 2.42. The van der Waals surface area contributed by atoms with Gasteiger partial charge in [0.2, 0.25) is 0 Å². The Kier molecular flexibility index (Phi) is 7.67. The van der Waals surface area contributed by atoms with Crippen molar-refractivity contribution >= 4 is 6.09 Å². The van der Waals surface area contributed by atoms with Crippen LogP contribution in [0.1, 0.15) is 73.6 Å². The minimum Gasteiger partial charge on any atom is -0.444 e. The predicted molar refractivity (Wildman–Crippen MR) is 92.0 cm³/mol. The van der Waals surface area contributed by atoms with Gasteiger partial charge in [0.05, 0.1) is 0 Å². The molecule has 0 spiro atoms. The average molecular weight is 312 g/mol. The zero-order valence-electron chi connectivity index (χ0n) is 15.4. The third kappa shape index (κ3) is 7.48. The minimum atomic E-state index is -0.436. The van der Waals surface area contributed by atoms with Gasteiger partial charge in [-0.15, -0.1) is 0 Å². The van der Waals surface area contributed by atoms with Crippen LogP contribution in [0.2, 0.25) is 0 Å². The molecule has 2 N–H and O–H groups in total. The van der Waals surface area contributed by atoms with Gasteiger partial charge in [-0.05, 0) is 64.7 Å². The lowest BCUT2D eigenvalue weighted by Gasteiger charge is -2.33. The maximum atomic E-state index is 11.7. The third-order valence-corrected chi connectivity index (χ3v) is 4.57. The Hall–Kier alpha value is -0.770. The van der Waals surface area contributed by atoms with Crippen molar-refractivity contribution in [2.75, 3.05) is 6.54 Å². The molecule has 4 heteroatoms. The number of ether oxygens (including phenoxy) is 1. The summed E-state index contributed by atoms with van der Waals surface area (Å²) in [5, 5.41) is 6.60. The van der Waals surface area contributed by atoms with Crippen LogP contribution in [0.15, 0.2) is 0 Å². The number of carbonyl (C=O) groups excluding carboxylic acids is 1. The highest BCUT2D eigenvalue weighted by Crippen LogP contribution is 2.30. The molecule has 4 nitrogen and oxygen atoms in total. The van der Waals surface area contributed by atoms with Crippen molar-refractivity contribution < 1.29 is 9.53 Å². The van der Waals surface area contributed by atoms with Crippen molar-refractivity contribution in [3.63, 3.8) is 0 Å². The van der Waals surface area contributed by atoms with E-state index in [9.17, 15) is 4.79 Å². The monoisotopic (exact) mass is 312 g/mol. The highest BCUT2D eigenvalue weighted by Gasteiger charge is 2.25. The van der Waals surface area contributed by atoms with Crippen molar-refractivity contribution in [2.45, 2.75) is 91.3 Å². The second-order valence-corrected chi connectivity index (χ2v) is 8.01. The molecular weight excluding hydrogens is 276 g/mol. The van der Waals surface area contributed by atoms with Gasteiger partial charge in [-0.2, -0.15) is 0 Å². The summed E-state index contributed by atoms with van der Waals surface area (Å²) >= 11 is 0. The van der Waals surface area contributed by atoms with Gasteiger partial charge in [-0.25, -0.2) is 4.79 Å². The van der Waals surface area contributed by atoms with E-state index in [1.54, 1.807) is 0 Å². The lowest BCUT2D eigenvalue weighted by atomic mass is 9.79. The maximum absolute atomic E-state index is 11.7. The number of amides is 1. The molecule has 1 unspecified atom stereocenters. The second kappa shape index (κ2) is 8.76. The second-order valence-electron chi connectivity index (χ2n) is 8.01. The van der Waals surface area contributed by atoms with Crippen molar-refractivity contribution in [2.24, 2.45) is 11.8 Å². The fourth-order valence-corrected chi connectivity index (χ4v) is 3.13. The summed E-state index contributed by atoms with van der Waals surface area (Å²) in [6.45, 7) is 13.1. The standard InChI is InChI=1S/C18H36N2O2/c1-7-15(12-19-17(21)22-18(4,5)6)20-16-10-8-14(9-11-16)13(2)3/h13-16,20H,7-12H2,1-6H3,(H,19,21). The van der Waals surface area contributed by atoms with Crippen molar-refractivity contribution in [3.8, 4) is 0 Å². The van der Waals surface area contributed by atoms with Crippen LogP contribution in [-0.2, 0) is 4.74 Å². The van der Waals surface area contributed by atoms with Crippen LogP contribution in [0.4, 0.5) is 4.79 Å². The first-order valence-electron chi connectivity index (χ1n) is 8.94. The summed E-state index contributed by atoms with van der Waals surface area (Å²) in [4.78, 5) is 11.7. The molecule has 22 heavy (non-hydrogen) atoms. The molecule has 1 rings (SSSR count). The zero-order chi connectivity index (χ0) is 16.8. The van der Waals surface area contributed by atoms with Crippen LogP contribution in [0.3, 0.4) is 0 Å². The first-order chi connectivity index (χ1) is 10.2. The Morgan fingerprint density at radius 1 is 1.18 bits per heavy atom. The number of carbonyl (C=O) groups is 1. The van der Waals surface area contributed by atoms with Crippen LogP contribution in [0.25, 0.3) is 0 Å². The summed E-state index contributed by atoms with van der Waals surface area (Å²) in [5.41, 5.74) is -0.436. The Morgan fingerprint density at radius 2 is 1.77 bits per heavy atom. The molecule has 0 aromatic rings. The SMILES string of the molecule is CCC(CNC(=O)OC(C)(C)C)NC1CCC(C(C)C)CC1. The predicted octanol–water partition coefficient (Wildman–Crippen LogP) is 4.09. The molecule has 1 aliphatic carbocycles. The van der Waals surface area contributed by atoms with Crippen LogP contribution in [-0.4, -0.2) is 30.3 Å². The molecule has 1 aliphatic rings. The van der Waals surface area contributed by atoms with Gasteiger partial charge in [0.15, 0.2) is 0 Å². The van der Waals surface area contributed by atoms with E-state index in [2.05, 4.69) is 31.4 Å². The molecule has 0 radical (unpaired) electrons. The lowest BCUT2D eigenvalue weighted by Crippen LogP contribution is -2.47. The summed E-state index contributed by atoms with van der Waals surface area (Å²) in [7, 11) is 0. The molecule has 0 aliphatic heterocycles. The van der Waals surface area contributed by atoms with E-state index < -0.39 is 5.60 Å². The fraction of sp³-hybridized carbons (Fsp3) is 0.944. The smallest absolute Gasteiger partial charge is 0.407 e. The van der Waals surface area contributed by atoms with Crippen LogP contribution >= 0.6 is 0 Å². The van der Waals surface area contributed by atoms with Crippen molar-refractivity contribution in [1.29, 1.82) is 0 Å². The molecule has 0 aromatic carbocycles. The molecule has 0 heterocycles. The van der Waals surface area contributed by atoms with E-state index in [0.29, 0.717) is 18.6 Å². The molecule has 0 bridgehead atoms. The van der Waals surface area contributed by atoms with E-state index in [1.165, 1.54) is 25.7 Å². The largest absolute Gasteiger partial charge is 0.444 e. The summed E-state index contributed by atoms with van der Waals surface area (Å²) in [5.74, 6) is 1.69. The van der Waals surface area contributed by atoms with Gasteiger partial charge in [-0.1, -0.05) is 20.8 Å². The van der Waals surface area contributed by atoms with Crippen LogP contribution in [0, 0.1) is 11.8 Å². The zero-order valence-corrected chi connectivity index (χ0v) is 15.4. The van der Waals surface area contributed by atoms with Crippen molar-refractivity contribution in [1.82, 2.24) is 10.6 Å². The molecule has 130 valence electrons. The fourth-order valence-electron chi connectivity index (χ4n) is 3.13. The Bertz CT molecular complexity index is 328. The van der Waals surface area contributed by atoms with E-state index in [-0.39, 0.29) is 6.09 Å². The summed E-state index contributed by atoms with van der Waals surface area (Å²) in [6, 6.07) is 0.925. The van der Waals surface area contributed by atoms with Crippen molar-refractivity contribution in [3.05, 3.63) is 0 Å². The molecule has 1 atom stereocenters.